The number of urea groups is 1. The number of nitrogens with zero attached hydrogens (tertiary/aromatic N) is 6. The Morgan fingerprint density at radius 3 is 2.80 bits per heavy atom. The van der Waals surface area contributed by atoms with Crippen molar-refractivity contribution in [3.05, 3.63) is 42.2 Å². The van der Waals surface area contributed by atoms with E-state index in [0.29, 0.717) is 18.9 Å². The van der Waals surface area contributed by atoms with Gasteiger partial charge < -0.3 is 5.32 Å². The Morgan fingerprint density at radius 1 is 1.28 bits per heavy atom. The van der Waals surface area contributed by atoms with E-state index >= 15 is 0 Å². The second kappa shape index (κ2) is 7.12. The SMILES string of the molecule is Cc1nc(C)n(CCNC(=O)Nc2cc(-c3cccnc3)nn2C)n1. The highest BCUT2D eigenvalue weighted by Crippen LogP contribution is 2.20. The minimum Gasteiger partial charge on any atom is -0.336 e. The first kappa shape index (κ1) is 16.6. The third kappa shape index (κ3) is 4.00. The molecule has 0 radical (unpaired) electrons. The molecule has 0 unspecified atom stereocenters. The lowest BCUT2D eigenvalue weighted by Gasteiger charge is -2.08. The van der Waals surface area contributed by atoms with Gasteiger partial charge in [-0.15, -0.1) is 0 Å². The van der Waals surface area contributed by atoms with Crippen molar-refractivity contribution >= 4 is 11.8 Å². The summed E-state index contributed by atoms with van der Waals surface area (Å²) in [6.07, 6.45) is 3.44. The van der Waals surface area contributed by atoms with E-state index in [0.717, 1.165) is 22.9 Å². The number of rotatable bonds is 5. The van der Waals surface area contributed by atoms with E-state index in [1.54, 1.807) is 28.8 Å². The first-order valence-electron chi connectivity index (χ1n) is 7.90. The van der Waals surface area contributed by atoms with E-state index in [1.165, 1.54) is 0 Å². The summed E-state index contributed by atoms with van der Waals surface area (Å²) in [5, 5.41) is 14.2. The van der Waals surface area contributed by atoms with Crippen molar-refractivity contribution in [2.24, 2.45) is 7.05 Å². The van der Waals surface area contributed by atoms with Gasteiger partial charge in [0.2, 0.25) is 0 Å². The molecule has 0 saturated carbocycles. The molecule has 130 valence electrons. The van der Waals surface area contributed by atoms with Crippen LogP contribution in [0.15, 0.2) is 30.6 Å². The van der Waals surface area contributed by atoms with Gasteiger partial charge in [-0.05, 0) is 26.0 Å². The number of hydrogen-bond donors (Lipinski definition) is 2. The Labute approximate surface area is 145 Å². The Balaban J connectivity index is 1.56. The predicted octanol–water partition coefficient (Wildman–Crippen LogP) is 1.51. The number of carbonyl (C=O) groups is 1. The number of anilines is 1. The molecule has 3 aromatic rings. The largest absolute Gasteiger partial charge is 0.336 e. The van der Waals surface area contributed by atoms with Crippen molar-refractivity contribution in [3.63, 3.8) is 0 Å². The first-order chi connectivity index (χ1) is 12.0. The number of hydrogen-bond acceptors (Lipinski definition) is 5. The summed E-state index contributed by atoms with van der Waals surface area (Å²) in [6.45, 7) is 4.73. The van der Waals surface area contributed by atoms with Gasteiger partial charge in [0.05, 0.1) is 12.2 Å². The van der Waals surface area contributed by atoms with E-state index in [1.807, 2.05) is 32.0 Å². The summed E-state index contributed by atoms with van der Waals surface area (Å²) in [4.78, 5) is 20.4. The highest BCUT2D eigenvalue weighted by atomic mass is 16.2. The zero-order valence-electron chi connectivity index (χ0n) is 14.4. The summed E-state index contributed by atoms with van der Waals surface area (Å²) >= 11 is 0. The Hall–Kier alpha value is -3.23. The number of aromatic nitrogens is 6. The molecular weight excluding hydrogens is 320 g/mol. The molecule has 3 rings (SSSR count). The Morgan fingerprint density at radius 2 is 2.12 bits per heavy atom. The number of carbonyl (C=O) groups excluding carboxylic acids is 1. The van der Waals surface area contributed by atoms with Crippen LogP contribution in [0.5, 0.6) is 0 Å². The molecule has 0 saturated heterocycles. The van der Waals surface area contributed by atoms with Crippen molar-refractivity contribution in [1.82, 2.24) is 34.8 Å². The van der Waals surface area contributed by atoms with E-state index in [-0.39, 0.29) is 6.03 Å². The highest BCUT2D eigenvalue weighted by molar-refractivity contribution is 5.89. The molecule has 25 heavy (non-hydrogen) atoms. The smallest absolute Gasteiger partial charge is 0.320 e. The second-order valence-corrected chi connectivity index (χ2v) is 5.59. The monoisotopic (exact) mass is 340 g/mol. The van der Waals surface area contributed by atoms with Gasteiger partial charge in [0, 0.05) is 37.6 Å². The molecule has 0 atom stereocenters. The molecule has 0 aliphatic rings. The summed E-state index contributed by atoms with van der Waals surface area (Å²) in [7, 11) is 1.77. The van der Waals surface area contributed by atoms with Gasteiger partial charge in [-0.25, -0.2) is 14.5 Å². The van der Waals surface area contributed by atoms with Crippen molar-refractivity contribution in [2.75, 3.05) is 11.9 Å². The lowest BCUT2D eigenvalue weighted by molar-refractivity contribution is 0.251. The van der Waals surface area contributed by atoms with Crippen LogP contribution in [0, 0.1) is 13.8 Å². The van der Waals surface area contributed by atoms with E-state index < -0.39 is 0 Å². The minimum absolute atomic E-state index is 0.296. The van der Waals surface area contributed by atoms with Crippen LogP contribution in [0.3, 0.4) is 0 Å². The summed E-state index contributed by atoms with van der Waals surface area (Å²) in [5.74, 6) is 2.15. The molecule has 0 aromatic carbocycles. The molecule has 0 bridgehead atoms. The Kier molecular flexibility index (Phi) is 4.73. The standard InChI is InChI=1S/C16H20N8O/c1-11-19-12(2)24(21-11)8-7-18-16(25)20-15-9-14(22-23(15)3)13-5-4-6-17-10-13/h4-6,9-10H,7-8H2,1-3H3,(H2,18,20,25). The van der Waals surface area contributed by atoms with Gasteiger partial charge in [0.25, 0.3) is 0 Å². The van der Waals surface area contributed by atoms with E-state index in [4.69, 9.17) is 0 Å². The fourth-order valence-electron chi connectivity index (χ4n) is 2.45. The number of pyridine rings is 1. The number of amides is 2. The Bertz CT molecular complexity index is 868. The molecule has 9 nitrogen and oxygen atoms in total. The van der Waals surface area contributed by atoms with Gasteiger partial charge in [-0.3, -0.25) is 15.0 Å². The number of nitrogens with one attached hydrogen (secondary N) is 2. The van der Waals surface area contributed by atoms with Crippen molar-refractivity contribution < 1.29 is 4.79 Å². The molecule has 0 aliphatic heterocycles. The fourth-order valence-corrected chi connectivity index (χ4v) is 2.45. The third-order valence-electron chi connectivity index (χ3n) is 3.65. The van der Waals surface area contributed by atoms with Gasteiger partial charge in [-0.2, -0.15) is 10.2 Å². The quantitative estimate of drug-likeness (QED) is 0.733. The molecule has 0 aliphatic carbocycles. The van der Waals surface area contributed by atoms with Crippen LogP contribution in [-0.2, 0) is 13.6 Å². The summed E-state index contributed by atoms with van der Waals surface area (Å²) < 4.78 is 3.38. The van der Waals surface area contributed by atoms with E-state index in [9.17, 15) is 4.79 Å². The van der Waals surface area contributed by atoms with Crippen LogP contribution in [0.2, 0.25) is 0 Å². The first-order valence-corrected chi connectivity index (χ1v) is 7.90. The lowest BCUT2D eigenvalue weighted by atomic mass is 10.2. The van der Waals surface area contributed by atoms with Crippen LogP contribution in [0.4, 0.5) is 10.6 Å². The maximum absolute atomic E-state index is 12.1. The van der Waals surface area contributed by atoms with Crippen molar-refractivity contribution in [2.45, 2.75) is 20.4 Å². The molecule has 3 heterocycles. The summed E-state index contributed by atoms with van der Waals surface area (Å²) in [6, 6.07) is 5.27. The molecular formula is C16H20N8O. The van der Waals surface area contributed by atoms with Gasteiger partial charge >= 0.3 is 6.03 Å². The van der Waals surface area contributed by atoms with Gasteiger partial charge in [-0.1, -0.05) is 0 Å². The number of aryl methyl sites for hydroxylation is 3. The molecule has 9 heteroatoms. The van der Waals surface area contributed by atoms with Crippen LogP contribution >= 0.6 is 0 Å². The lowest BCUT2D eigenvalue weighted by Crippen LogP contribution is -2.32. The zero-order chi connectivity index (χ0) is 17.8. The van der Waals surface area contributed by atoms with Crippen LogP contribution in [0.1, 0.15) is 11.6 Å². The van der Waals surface area contributed by atoms with Gasteiger partial charge in [0.1, 0.15) is 17.5 Å². The second-order valence-electron chi connectivity index (χ2n) is 5.59. The molecule has 0 spiro atoms. The maximum atomic E-state index is 12.1. The maximum Gasteiger partial charge on any atom is 0.320 e. The average molecular weight is 340 g/mol. The molecule has 3 aromatic heterocycles. The third-order valence-corrected chi connectivity index (χ3v) is 3.65. The van der Waals surface area contributed by atoms with Crippen LogP contribution < -0.4 is 10.6 Å². The van der Waals surface area contributed by atoms with E-state index in [2.05, 4.69) is 30.8 Å². The van der Waals surface area contributed by atoms with Crippen molar-refractivity contribution in [3.8, 4) is 11.3 Å². The normalized spacial score (nSPS) is 10.7. The molecule has 0 fully saturated rings. The topological polar surface area (TPSA) is 103 Å². The predicted molar refractivity (Wildman–Crippen MR) is 93.0 cm³/mol. The minimum atomic E-state index is -0.296. The van der Waals surface area contributed by atoms with Crippen LogP contribution in [-0.4, -0.2) is 42.1 Å². The van der Waals surface area contributed by atoms with Gasteiger partial charge in [0.15, 0.2) is 0 Å². The average Bonchev–Trinajstić information content (AvgIpc) is 3.10. The molecule has 2 N–H and O–H groups in total. The fraction of sp³-hybridized carbons (Fsp3) is 0.312. The zero-order valence-corrected chi connectivity index (χ0v) is 14.4. The molecule has 2 amide bonds. The summed E-state index contributed by atoms with van der Waals surface area (Å²) in [5.41, 5.74) is 1.64. The van der Waals surface area contributed by atoms with Crippen LogP contribution in [0.25, 0.3) is 11.3 Å². The van der Waals surface area contributed by atoms with Crippen molar-refractivity contribution in [1.29, 1.82) is 0 Å². The highest BCUT2D eigenvalue weighted by Gasteiger charge is 2.10.